The fraction of sp³-hybridized carbons (Fsp3) is 0.706. The van der Waals surface area contributed by atoms with Gasteiger partial charge in [0.2, 0.25) is 0 Å². The average molecular weight is 331 g/mol. The van der Waals surface area contributed by atoms with Gasteiger partial charge in [0, 0.05) is 39.3 Å². The number of hydrogen-bond acceptors (Lipinski definition) is 6. The van der Waals surface area contributed by atoms with Gasteiger partial charge in [-0.25, -0.2) is 0 Å². The van der Waals surface area contributed by atoms with Gasteiger partial charge in [0.1, 0.15) is 0 Å². The van der Waals surface area contributed by atoms with E-state index in [-0.39, 0.29) is 18.1 Å². The van der Waals surface area contributed by atoms with Crippen LogP contribution in [0.4, 0.5) is 0 Å². The van der Waals surface area contributed by atoms with Crippen molar-refractivity contribution in [1.82, 2.24) is 24.9 Å². The van der Waals surface area contributed by atoms with Gasteiger partial charge in [-0.15, -0.1) is 0 Å². The molecule has 3 saturated heterocycles. The van der Waals surface area contributed by atoms with Crippen LogP contribution in [0.25, 0.3) is 0 Å². The minimum Gasteiger partial charge on any atom is -0.374 e. The van der Waals surface area contributed by atoms with E-state index in [9.17, 15) is 4.79 Å². The third-order valence-corrected chi connectivity index (χ3v) is 5.60. The first-order chi connectivity index (χ1) is 11.7. The van der Waals surface area contributed by atoms with E-state index in [0.29, 0.717) is 11.6 Å². The minimum atomic E-state index is 0.0574. The van der Waals surface area contributed by atoms with Crippen LogP contribution in [-0.4, -0.2) is 95.4 Å². The summed E-state index contributed by atoms with van der Waals surface area (Å²) >= 11 is 0. The first-order valence-corrected chi connectivity index (χ1v) is 8.86. The molecule has 3 fully saturated rings. The maximum Gasteiger partial charge on any atom is 0.255 e. The highest BCUT2D eigenvalue weighted by Gasteiger charge is 2.48. The Kier molecular flexibility index (Phi) is 4.47. The molecule has 24 heavy (non-hydrogen) atoms. The Labute approximate surface area is 142 Å². The highest BCUT2D eigenvalue weighted by atomic mass is 16.5. The molecule has 0 N–H and O–H groups in total. The van der Waals surface area contributed by atoms with Gasteiger partial charge in [0.05, 0.1) is 36.1 Å². The van der Waals surface area contributed by atoms with Crippen LogP contribution < -0.4 is 0 Å². The van der Waals surface area contributed by atoms with Crippen molar-refractivity contribution in [2.45, 2.75) is 31.0 Å². The Morgan fingerprint density at radius 2 is 2.04 bits per heavy atom. The number of piperazine rings is 1. The highest BCUT2D eigenvalue weighted by Crippen LogP contribution is 2.33. The molecule has 0 bridgehead atoms. The summed E-state index contributed by atoms with van der Waals surface area (Å²) in [6.45, 7) is 5.82. The minimum absolute atomic E-state index is 0.0574. The zero-order valence-corrected chi connectivity index (χ0v) is 14.2. The molecule has 3 aliphatic heterocycles. The van der Waals surface area contributed by atoms with Gasteiger partial charge in [-0.2, -0.15) is 10.2 Å². The molecule has 1 aromatic rings. The van der Waals surface area contributed by atoms with Crippen molar-refractivity contribution in [1.29, 1.82) is 0 Å². The summed E-state index contributed by atoms with van der Waals surface area (Å²) in [5.41, 5.74) is 0.619. The fourth-order valence-electron chi connectivity index (χ4n) is 4.22. The van der Waals surface area contributed by atoms with Gasteiger partial charge in [-0.1, -0.05) is 0 Å². The highest BCUT2D eigenvalue weighted by molar-refractivity contribution is 5.94. The summed E-state index contributed by atoms with van der Waals surface area (Å²) in [7, 11) is 2.16. The van der Waals surface area contributed by atoms with Crippen molar-refractivity contribution in [3.8, 4) is 0 Å². The Hall–Kier alpha value is -1.57. The van der Waals surface area contributed by atoms with E-state index in [4.69, 9.17) is 4.74 Å². The van der Waals surface area contributed by atoms with Gasteiger partial charge in [0.25, 0.3) is 5.91 Å². The molecular weight excluding hydrogens is 306 g/mol. The van der Waals surface area contributed by atoms with Crippen LogP contribution in [-0.2, 0) is 4.74 Å². The summed E-state index contributed by atoms with van der Waals surface area (Å²) in [5, 5.41) is 7.63. The molecule has 0 saturated carbocycles. The van der Waals surface area contributed by atoms with Crippen molar-refractivity contribution in [2.75, 3.05) is 46.4 Å². The van der Waals surface area contributed by atoms with Gasteiger partial charge in [0.15, 0.2) is 0 Å². The summed E-state index contributed by atoms with van der Waals surface area (Å²) < 4.78 is 6.13. The maximum absolute atomic E-state index is 13.0. The molecule has 4 rings (SSSR count). The van der Waals surface area contributed by atoms with Crippen LogP contribution >= 0.6 is 0 Å². The van der Waals surface area contributed by atoms with E-state index in [1.807, 2.05) is 4.90 Å². The zero-order chi connectivity index (χ0) is 16.5. The molecule has 0 aromatic carbocycles. The Morgan fingerprint density at radius 3 is 2.79 bits per heavy atom. The topological polar surface area (TPSA) is 61.8 Å². The second-order valence-corrected chi connectivity index (χ2v) is 7.04. The van der Waals surface area contributed by atoms with Gasteiger partial charge in [-0.05, 0) is 26.0 Å². The molecule has 130 valence electrons. The number of ether oxygens (including phenoxy) is 1. The van der Waals surface area contributed by atoms with E-state index >= 15 is 0 Å². The smallest absolute Gasteiger partial charge is 0.255 e. The normalized spacial score (nSPS) is 31.9. The SMILES string of the molecule is CN1CCN([C@@H]2CN(C(=O)c3ccnnc3)[C@@H]3CCCO[C@H]23)CC1. The van der Waals surface area contributed by atoms with E-state index in [0.717, 1.165) is 52.2 Å². The molecule has 0 radical (unpaired) electrons. The van der Waals surface area contributed by atoms with Crippen LogP contribution in [0.15, 0.2) is 18.5 Å². The number of aromatic nitrogens is 2. The van der Waals surface area contributed by atoms with Crippen molar-refractivity contribution >= 4 is 5.91 Å². The Morgan fingerprint density at radius 1 is 1.21 bits per heavy atom. The second-order valence-electron chi connectivity index (χ2n) is 7.04. The van der Waals surface area contributed by atoms with Crippen molar-refractivity contribution in [3.05, 3.63) is 24.0 Å². The van der Waals surface area contributed by atoms with Crippen LogP contribution in [0.2, 0.25) is 0 Å². The molecule has 0 spiro atoms. The van der Waals surface area contributed by atoms with Gasteiger partial charge >= 0.3 is 0 Å². The van der Waals surface area contributed by atoms with Crippen LogP contribution in [0, 0.1) is 0 Å². The zero-order valence-electron chi connectivity index (χ0n) is 14.2. The third kappa shape index (κ3) is 2.92. The fourth-order valence-corrected chi connectivity index (χ4v) is 4.22. The van der Waals surface area contributed by atoms with E-state index in [1.165, 1.54) is 0 Å². The molecule has 1 amide bonds. The number of fused-ring (bicyclic) bond motifs is 1. The number of hydrogen-bond donors (Lipinski definition) is 0. The largest absolute Gasteiger partial charge is 0.374 e. The lowest BCUT2D eigenvalue weighted by molar-refractivity contribution is -0.0442. The number of likely N-dealkylation sites (tertiary alicyclic amines) is 1. The van der Waals surface area contributed by atoms with Crippen LogP contribution in [0.5, 0.6) is 0 Å². The first kappa shape index (κ1) is 15.9. The molecule has 4 heterocycles. The van der Waals surface area contributed by atoms with Crippen molar-refractivity contribution in [3.63, 3.8) is 0 Å². The number of nitrogens with zero attached hydrogens (tertiary/aromatic N) is 5. The molecule has 7 nitrogen and oxygen atoms in total. The van der Waals surface area contributed by atoms with E-state index < -0.39 is 0 Å². The lowest BCUT2D eigenvalue weighted by atomic mass is 9.99. The summed E-state index contributed by atoms with van der Waals surface area (Å²) in [5.74, 6) is 0.0574. The Balaban J connectivity index is 1.54. The van der Waals surface area contributed by atoms with Gasteiger partial charge < -0.3 is 14.5 Å². The molecule has 7 heteroatoms. The third-order valence-electron chi connectivity index (χ3n) is 5.60. The monoisotopic (exact) mass is 331 g/mol. The number of likely N-dealkylation sites (N-methyl/N-ethyl adjacent to an activating group) is 1. The Bertz CT molecular complexity index is 576. The van der Waals surface area contributed by atoms with Crippen LogP contribution in [0.1, 0.15) is 23.2 Å². The van der Waals surface area contributed by atoms with Crippen molar-refractivity contribution in [2.24, 2.45) is 0 Å². The molecule has 3 aliphatic rings. The number of rotatable bonds is 2. The molecular formula is C17H25N5O2. The molecule has 0 unspecified atom stereocenters. The standard InChI is InChI=1S/C17H25N5O2/c1-20-6-8-21(9-7-20)15-12-22(14-3-2-10-24-16(14)15)17(23)13-4-5-18-19-11-13/h4-5,11,14-16H,2-3,6-10,12H2,1H3/t14-,15-,16+/m1/s1. The summed E-state index contributed by atoms with van der Waals surface area (Å²) in [6, 6.07) is 2.24. The van der Waals surface area contributed by atoms with Crippen molar-refractivity contribution < 1.29 is 9.53 Å². The summed E-state index contributed by atoms with van der Waals surface area (Å²) in [4.78, 5) is 19.8. The van der Waals surface area contributed by atoms with Gasteiger partial charge in [-0.3, -0.25) is 9.69 Å². The lowest BCUT2D eigenvalue weighted by Crippen LogP contribution is -2.54. The molecule has 0 aliphatic carbocycles. The maximum atomic E-state index is 13.0. The van der Waals surface area contributed by atoms with E-state index in [2.05, 4.69) is 27.0 Å². The molecule has 3 atom stereocenters. The predicted molar refractivity (Wildman–Crippen MR) is 88.7 cm³/mol. The lowest BCUT2D eigenvalue weighted by Gasteiger charge is -2.39. The predicted octanol–water partition coefficient (Wildman–Crippen LogP) is 0.0960. The molecule has 1 aromatic heterocycles. The van der Waals surface area contributed by atoms with Crippen LogP contribution in [0.3, 0.4) is 0 Å². The average Bonchev–Trinajstić information content (AvgIpc) is 3.02. The number of carbonyl (C=O) groups is 1. The number of amides is 1. The van der Waals surface area contributed by atoms with E-state index in [1.54, 1.807) is 18.5 Å². The second kappa shape index (κ2) is 6.74. The summed E-state index contributed by atoms with van der Waals surface area (Å²) in [6.07, 6.45) is 5.33. The number of carbonyl (C=O) groups excluding carboxylic acids is 1. The quantitative estimate of drug-likeness (QED) is 0.766. The first-order valence-electron chi connectivity index (χ1n) is 8.86.